The highest BCUT2D eigenvalue weighted by atomic mass is 19.3. The van der Waals surface area contributed by atoms with E-state index in [0.29, 0.717) is 23.6 Å². The van der Waals surface area contributed by atoms with Gasteiger partial charge in [-0.25, -0.2) is 18.4 Å². The minimum absolute atomic E-state index is 0.00634. The first kappa shape index (κ1) is 21.9. The number of ketones is 1. The lowest BCUT2D eigenvalue weighted by atomic mass is 9.64. The maximum Gasteiger partial charge on any atom is 0.526 e. The van der Waals surface area contributed by atoms with Crippen molar-refractivity contribution in [2.45, 2.75) is 44.2 Å². The van der Waals surface area contributed by atoms with Crippen molar-refractivity contribution in [2.24, 2.45) is 0 Å². The number of benzene rings is 2. The zero-order chi connectivity index (χ0) is 23.0. The molecule has 0 aliphatic carbocycles. The van der Waals surface area contributed by atoms with E-state index in [1.807, 2.05) is 0 Å². The normalized spacial score (nSPS) is 19.5. The molecule has 0 bridgehead atoms. The summed E-state index contributed by atoms with van der Waals surface area (Å²) in [6.45, 7) is 0.659. The summed E-state index contributed by atoms with van der Waals surface area (Å²) in [4.78, 5) is 36.7. The Hall–Kier alpha value is -3.27. The number of esters is 2. The molecule has 1 unspecified atom stereocenters. The first-order valence-electron chi connectivity index (χ1n) is 9.99. The van der Waals surface area contributed by atoms with Gasteiger partial charge in [-0.05, 0) is 31.0 Å². The standard InChI is InChI=1S/C22H19BF2O7/c1-22(24,25)11-14(26)10-13-9-12-5-4-8-17(18(12)32-23(13)29)20(28)31-21-16-7-3-2-6-15(16)19(27)30-21/h2-8,13,21,29H,9-11H2,1H3/t13-,21?/m1/s1. The zero-order valence-corrected chi connectivity index (χ0v) is 17.0. The van der Waals surface area contributed by atoms with Crippen molar-refractivity contribution >= 4 is 24.8 Å². The Morgan fingerprint density at radius 3 is 2.72 bits per heavy atom. The molecule has 0 saturated carbocycles. The Morgan fingerprint density at radius 2 is 1.97 bits per heavy atom. The highest BCUT2D eigenvalue weighted by molar-refractivity contribution is 6.47. The molecule has 2 aromatic rings. The van der Waals surface area contributed by atoms with E-state index in [4.69, 9.17) is 14.1 Å². The molecule has 0 saturated heterocycles. The molecular formula is C22H19BF2O7. The first-order chi connectivity index (χ1) is 15.1. The van der Waals surface area contributed by atoms with Crippen molar-refractivity contribution in [3.8, 4) is 5.75 Å². The minimum atomic E-state index is -3.13. The summed E-state index contributed by atoms with van der Waals surface area (Å²) < 4.78 is 42.2. The monoisotopic (exact) mass is 444 g/mol. The van der Waals surface area contributed by atoms with Gasteiger partial charge in [0.15, 0.2) is 0 Å². The van der Waals surface area contributed by atoms with Gasteiger partial charge in [0.1, 0.15) is 17.1 Å². The Kier molecular flexibility index (Phi) is 5.72. The molecule has 2 heterocycles. The molecule has 2 aliphatic rings. The van der Waals surface area contributed by atoms with Gasteiger partial charge < -0.3 is 19.2 Å². The number of halogens is 2. The van der Waals surface area contributed by atoms with Gasteiger partial charge in [0.25, 0.3) is 12.2 Å². The fourth-order valence-electron chi connectivity index (χ4n) is 3.89. The van der Waals surface area contributed by atoms with Crippen LogP contribution in [-0.4, -0.2) is 35.8 Å². The summed E-state index contributed by atoms with van der Waals surface area (Å²) >= 11 is 0. The van der Waals surface area contributed by atoms with Gasteiger partial charge in [-0.1, -0.05) is 30.3 Å². The highest BCUT2D eigenvalue weighted by Crippen LogP contribution is 2.38. The van der Waals surface area contributed by atoms with E-state index in [2.05, 4.69) is 0 Å². The molecule has 32 heavy (non-hydrogen) atoms. The summed E-state index contributed by atoms with van der Waals surface area (Å²) in [5.41, 5.74) is 1.25. The lowest BCUT2D eigenvalue weighted by Crippen LogP contribution is -2.36. The average Bonchev–Trinajstić information content (AvgIpc) is 3.02. The molecule has 0 aromatic heterocycles. The van der Waals surface area contributed by atoms with E-state index in [-0.39, 0.29) is 24.2 Å². The molecule has 10 heteroatoms. The van der Waals surface area contributed by atoms with E-state index < -0.39 is 49.3 Å². The van der Waals surface area contributed by atoms with Gasteiger partial charge in [-0.3, -0.25) is 4.79 Å². The van der Waals surface area contributed by atoms with Crippen molar-refractivity contribution in [1.29, 1.82) is 0 Å². The number of carbonyl (C=O) groups excluding carboxylic acids is 3. The number of para-hydroxylation sites is 1. The van der Waals surface area contributed by atoms with Crippen LogP contribution in [0.3, 0.4) is 0 Å². The van der Waals surface area contributed by atoms with Crippen LogP contribution in [0.2, 0.25) is 5.82 Å². The predicted octanol–water partition coefficient (Wildman–Crippen LogP) is 3.50. The highest BCUT2D eigenvalue weighted by Gasteiger charge is 2.40. The van der Waals surface area contributed by atoms with E-state index in [9.17, 15) is 28.2 Å². The average molecular weight is 444 g/mol. The fourth-order valence-corrected chi connectivity index (χ4v) is 3.89. The van der Waals surface area contributed by atoms with Gasteiger partial charge in [0.05, 0.1) is 12.0 Å². The van der Waals surface area contributed by atoms with Crippen LogP contribution in [0.25, 0.3) is 0 Å². The van der Waals surface area contributed by atoms with Crippen molar-refractivity contribution in [2.75, 3.05) is 0 Å². The van der Waals surface area contributed by atoms with Crippen LogP contribution in [0.5, 0.6) is 5.75 Å². The lowest BCUT2D eigenvalue weighted by Gasteiger charge is -2.28. The second-order valence-corrected chi connectivity index (χ2v) is 7.99. The number of cyclic esters (lactones) is 1. The maximum absolute atomic E-state index is 13.1. The second-order valence-electron chi connectivity index (χ2n) is 7.99. The molecule has 2 aliphatic heterocycles. The summed E-state index contributed by atoms with van der Waals surface area (Å²) in [6.07, 6.45) is -2.26. The number of hydrogen-bond donors (Lipinski definition) is 1. The molecule has 2 atom stereocenters. The smallest absolute Gasteiger partial charge is 0.526 e. The molecular weight excluding hydrogens is 425 g/mol. The first-order valence-corrected chi connectivity index (χ1v) is 9.99. The molecule has 2 aromatic carbocycles. The van der Waals surface area contributed by atoms with Crippen LogP contribution in [0, 0.1) is 0 Å². The van der Waals surface area contributed by atoms with Gasteiger partial charge in [0, 0.05) is 17.8 Å². The largest absolute Gasteiger partial charge is 0.535 e. The number of Topliss-reactive ketones (excluding diaryl/α,β-unsaturated/α-hetero) is 1. The molecule has 1 N–H and O–H groups in total. The van der Waals surface area contributed by atoms with Gasteiger partial charge in [-0.2, -0.15) is 0 Å². The summed E-state index contributed by atoms with van der Waals surface area (Å²) in [5.74, 6) is -5.91. The topological polar surface area (TPSA) is 99.1 Å². The van der Waals surface area contributed by atoms with E-state index >= 15 is 0 Å². The van der Waals surface area contributed by atoms with Gasteiger partial charge >= 0.3 is 19.1 Å². The molecule has 0 radical (unpaired) electrons. The van der Waals surface area contributed by atoms with Crippen LogP contribution >= 0.6 is 0 Å². The molecule has 0 fully saturated rings. The molecule has 0 amide bonds. The molecule has 166 valence electrons. The zero-order valence-electron chi connectivity index (χ0n) is 17.0. The molecule has 4 rings (SSSR count). The number of fused-ring (bicyclic) bond motifs is 2. The third kappa shape index (κ3) is 4.50. The van der Waals surface area contributed by atoms with E-state index in [1.165, 1.54) is 6.07 Å². The number of alkyl halides is 2. The summed E-state index contributed by atoms with van der Waals surface area (Å²) in [7, 11) is -1.46. The van der Waals surface area contributed by atoms with Crippen molar-refractivity contribution in [1.82, 2.24) is 0 Å². The molecule has 7 nitrogen and oxygen atoms in total. The minimum Gasteiger partial charge on any atom is -0.535 e. The number of rotatable bonds is 6. The number of ether oxygens (including phenoxy) is 2. The summed E-state index contributed by atoms with van der Waals surface area (Å²) in [5, 5.41) is 10.3. The van der Waals surface area contributed by atoms with E-state index in [0.717, 1.165) is 0 Å². The third-order valence-electron chi connectivity index (χ3n) is 5.30. The van der Waals surface area contributed by atoms with Crippen LogP contribution in [-0.2, 0) is 20.7 Å². The predicted molar refractivity (Wildman–Crippen MR) is 107 cm³/mol. The quantitative estimate of drug-likeness (QED) is 0.538. The third-order valence-corrected chi connectivity index (χ3v) is 5.30. The lowest BCUT2D eigenvalue weighted by molar-refractivity contribution is -0.125. The van der Waals surface area contributed by atoms with Crippen LogP contribution < -0.4 is 4.65 Å². The Bertz CT molecular complexity index is 1080. The van der Waals surface area contributed by atoms with Crippen LogP contribution in [0.4, 0.5) is 8.78 Å². The number of carbonyl (C=O) groups is 3. The van der Waals surface area contributed by atoms with Crippen molar-refractivity contribution in [3.05, 3.63) is 64.7 Å². The Morgan fingerprint density at radius 1 is 1.22 bits per heavy atom. The second kappa shape index (κ2) is 8.35. The Labute approximate surface area is 182 Å². The Balaban J connectivity index is 1.50. The fraction of sp³-hybridized carbons (Fsp3) is 0.318. The van der Waals surface area contributed by atoms with Crippen molar-refractivity contribution < 1.29 is 42.3 Å². The molecule has 0 spiro atoms. The SMILES string of the molecule is CC(F)(F)CC(=O)C[C@H]1Cc2cccc(C(=O)OC3OC(=O)c4ccccc43)c2OB1O. The van der Waals surface area contributed by atoms with Gasteiger partial charge in [0.2, 0.25) is 0 Å². The van der Waals surface area contributed by atoms with Crippen LogP contribution in [0.1, 0.15) is 57.9 Å². The van der Waals surface area contributed by atoms with Gasteiger partial charge in [-0.15, -0.1) is 0 Å². The number of hydrogen-bond acceptors (Lipinski definition) is 7. The van der Waals surface area contributed by atoms with Crippen molar-refractivity contribution in [3.63, 3.8) is 0 Å². The van der Waals surface area contributed by atoms with Crippen LogP contribution in [0.15, 0.2) is 42.5 Å². The van der Waals surface area contributed by atoms with E-state index in [1.54, 1.807) is 36.4 Å². The summed E-state index contributed by atoms with van der Waals surface area (Å²) in [6, 6.07) is 11.2. The maximum atomic E-state index is 13.1.